The molecule has 0 aliphatic heterocycles. The van der Waals surface area contributed by atoms with Gasteiger partial charge in [0.2, 0.25) is 0 Å². The topological polar surface area (TPSA) is 29.5 Å². The Morgan fingerprint density at radius 2 is 2.50 bits per heavy atom. The van der Waals surface area contributed by atoms with Crippen LogP contribution in [0.4, 0.5) is 0 Å². The van der Waals surface area contributed by atoms with Crippen LogP contribution in [0.25, 0.3) is 0 Å². The lowest BCUT2D eigenvalue weighted by Gasteiger charge is -1.83. The van der Waals surface area contributed by atoms with E-state index < -0.39 is 0 Å². The molecule has 0 spiro atoms. The van der Waals surface area contributed by atoms with Crippen LogP contribution < -0.4 is 0 Å². The van der Waals surface area contributed by atoms with Crippen molar-refractivity contribution >= 4 is 19.4 Å². The van der Waals surface area contributed by atoms with Crippen molar-refractivity contribution in [3.63, 3.8) is 0 Å². The highest BCUT2D eigenvalue weighted by Gasteiger charge is 1.72. The normalized spacial score (nSPS) is 9.50. The molecule has 0 bridgehead atoms. The summed E-state index contributed by atoms with van der Waals surface area (Å²) >= 11 is 4.36. The van der Waals surface area contributed by atoms with Crippen molar-refractivity contribution in [1.82, 2.24) is 0 Å². The van der Waals surface area contributed by atoms with E-state index in [2.05, 4.69) is 16.3 Å². The van der Waals surface area contributed by atoms with Crippen LogP contribution in [-0.2, 0) is 16.3 Å². The fraction of sp³-hybridized carbons (Fsp3) is 1.00. The van der Waals surface area contributed by atoms with E-state index in [-0.39, 0.29) is 6.61 Å². The quantitative estimate of drug-likeness (QED) is 0.434. The van der Waals surface area contributed by atoms with Crippen LogP contribution >= 0.6 is 7.58 Å². The van der Waals surface area contributed by atoms with Crippen molar-refractivity contribution in [1.29, 1.82) is 0 Å². The maximum absolute atomic E-state index is 8.02. The van der Waals surface area contributed by atoms with E-state index in [0.717, 1.165) is 0 Å². The summed E-state index contributed by atoms with van der Waals surface area (Å²) in [5.74, 6) is 0. The Kier molecular flexibility index (Phi) is 5.84. The van der Waals surface area contributed by atoms with Gasteiger partial charge in [-0.25, -0.2) is 0 Å². The fourth-order valence-electron chi connectivity index (χ4n) is 0.0781. The van der Waals surface area contributed by atoms with E-state index in [1.807, 2.05) is 0 Å². The highest BCUT2D eigenvalue weighted by molar-refractivity contribution is 7.94. The van der Waals surface area contributed by atoms with Crippen LogP contribution in [0.3, 0.4) is 0 Å². The van der Waals surface area contributed by atoms with Gasteiger partial charge < -0.3 is 9.63 Å². The van der Waals surface area contributed by atoms with Crippen molar-refractivity contribution in [2.45, 2.75) is 0 Å². The smallest absolute Gasteiger partial charge is 0.136 e. The standard InChI is InChI=1S/C2H5O2PS/c3-1-2-4-5-6/h3H,1-2H2. The third kappa shape index (κ3) is 4.44. The van der Waals surface area contributed by atoms with Crippen LogP contribution in [0, 0.1) is 0 Å². The number of rotatable bonds is 3. The van der Waals surface area contributed by atoms with E-state index in [4.69, 9.17) is 5.11 Å². The molecule has 2 nitrogen and oxygen atoms in total. The first-order valence-corrected chi connectivity index (χ1v) is 3.30. The lowest BCUT2D eigenvalue weighted by Crippen LogP contribution is -1.88. The zero-order chi connectivity index (χ0) is 4.83. The van der Waals surface area contributed by atoms with Crippen molar-refractivity contribution in [3.05, 3.63) is 0 Å². The minimum atomic E-state index is 0.0592. The highest BCUT2D eigenvalue weighted by Crippen LogP contribution is 1.90. The van der Waals surface area contributed by atoms with Crippen LogP contribution in [-0.4, -0.2) is 18.3 Å². The monoisotopic (exact) mass is 124 g/mol. The molecule has 36 valence electrons. The Balaban J connectivity index is 2.49. The van der Waals surface area contributed by atoms with Crippen molar-refractivity contribution in [2.75, 3.05) is 13.2 Å². The zero-order valence-corrected chi connectivity index (χ0v) is 4.84. The molecular weight excluding hydrogens is 119 g/mol. The molecule has 0 atom stereocenters. The summed E-state index contributed by atoms with van der Waals surface area (Å²) in [5.41, 5.74) is 0. The second-order valence-corrected chi connectivity index (χ2v) is 1.49. The predicted octanol–water partition coefficient (Wildman–Crippen LogP) is 0.318. The highest BCUT2D eigenvalue weighted by atomic mass is 32.4. The molecule has 0 amide bonds. The molecule has 1 N–H and O–H groups in total. The first-order chi connectivity index (χ1) is 2.91. The molecule has 0 aromatic carbocycles. The van der Waals surface area contributed by atoms with Gasteiger partial charge in [0.15, 0.2) is 0 Å². The Morgan fingerprint density at radius 3 is 2.67 bits per heavy atom. The summed E-state index contributed by atoms with van der Waals surface area (Å²) in [6.07, 6.45) is 0. The van der Waals surface area contributed by atoms with E-state index in [1.165, 1.54) is 0 Å². The molecule has 4 heteroatoms. The average Bonchev–Trinajstić information content (AvgIpc) is 1.61. The summed E-state index contributed by atoms with van der Waals surface area (Å²) in [6, 6.07) is 0. The molecule has 0 aromatic rings. The molecule has 0 aromatic heterocycles. The zero-order valence-electron chi connectivity index (χ0n) is 3.13. The molecule has 0 aliphatic rings. The van der Waals surface area contributed by atoms with Gasteiger partial charge in [0.25, 0.3) is 0 Å². The number of aliphatic hydroxyl groups is 1. The fourth-order valence-corrected chi connectivity index (χ4v) is 0.458. The summed E-state index contributed by atoms with van der Waals surface area (Å²) in [4.78, 5) is 0. The third-order valence-electron chi connectivity index (χ3n) is 0.235. The van der Waals surface area contributed by atoms with Crippen LogP contribution in [0.2, 0.25) is 0 Å². The molecule has 0 aliphatic carbocycles. The van der Waals surface area contributed by atoms with Gasteiger partial charge in [-0.1, -0.05) is 0 Å². The lowest BCUT2D eigenvalue weighted by atomic mass is 10.8. The number of hydrogen-bond acceptors (Lipinski definition) is 3. The van der Waals surface area contributed by atoms with Crippen LogP contribution in [0.15, 0.2) is 0 Å². The van der Waals surface area contributed by atoms with Gasteiger partial charge in [-0.2, -0.15) is 0 Å². The summed E-state index contributed by atoms with van der Waals surface area (Å²) in [7, 11) is 0.469. The summed E-state index contributed by atoms with van der Waals surface area (Å²) in [6.45, 7) is 0.411. The Bertz CT molecular complexity index is 40.5. The van der Waals surface area contributed by atoms with Gasteiger partial charge >= 0.3 is 0 Å². The maximum Gasteiger partial charge on any atom is 0.136 e. The van der Waals surface area contributed by atoms with E-state index in [0.29, 0.717) is 14.2 Å². The third-order valence-corrected chi connectivity index (χ3v) is 0.839. The molecule has 0 radical (unpaired) electrons. The molecule has 0 rings (SSSR count). The molecule has 0 unspecified atom stereocenters. The van der Waals surface area contributed by atoms with Crippen LogP contribution in [0.5, 0.6) is 0 Å². The van der Waals surface area contributed by atoms with E-state index in [9.17, 15) is 0 Å². The van der Waals surface area contributed by atoms with Gasteiger partial charge in [-0.3, -0.25) is 0 Å². The van der Waals surface area contributed by atoms with E-state index in [1.54, 1.807) is 0 Å². The number of aliphatic hydroxyl groups excluding tert-OH is 1. The molecule has 6 heavy (non-hydrogen) atoms. The number of hydrogen-bond donors (Lipinski definition) is 1. The summed E-state index contributed by atoms with van der Waals surface area (Å²) in [5, 5.41) is 8.02. The van der Waals surface area contributed by atoms with Gasteiger partial charge in [-0.05, 0) is 11.8 Å². The molecule has 0 heterocycles. The van der Waals surface area contributed by atoms with Crippen LogP contribution in [0.1, 0.15) is 0 Å². The van der Waals surface area contributed by atoms with Crippen molar-refractivity contribution in [3.8, 4) is 0 Å². The second-order valence-electron chi connectivity index (χ2n) is 0.631. The average molecular weight is 124 g/mol. The maximum atomic E-state index is 8.02. The Labute approximate surface area is 43.0 Å². The molecular formula is C2H5O2PS. The Morgan fingerprint density at radius 1 is 1.83 bits per heavy atom. The molecule has 0 saturated carbocycles. The predicted molar refractivity (Wildman–Crippen MR) is 27.3 cm³/mol. The SMILES string of the molecule is OCCOP=S. The summed E-state index contributed by atoms with van der Waals surface area (Å²) < 4.78 is 4.52. The Hall–Kier alpha value is 0.440. The minimum absolute atomic E-state index is 0.0592. The first kappa shape index (κ1) is 6.44. The lowest BCUT2D eigenvalue weighted by molar-refractivity contribution is 0.219. The van der Waals surface area contributed by atoms with Gasteiger partial charge in [0.05, 0.1) is 13.2 Å². The van der Waals surface area contributed by atoms with Crippen molar-refractivity contribution < 1.29 is 9.63 Å². The van der Waals surface area contributed by atoms with E-state index >= 15 is 0 Å². The largest absolute Gasteiger partial charge is 0.394 e. The van der Waals surface area contributed by atoms with Gasteiger partial charge in [-0.15, -0.1) is 0 Å². The second kappa shape index (κ2) is 5.44. The van der Waals surface area contributed by atoms with Crippen molar-refractivity contribution in [2.24, 2.45) is 0 Å². The molecule has 0 saturated heterocycles. The first-order valence-electron chi connectivity index (χ1n) is 1.47. The van der Waals surface area contributed by atoms with Gasteiger partial charge in [0.1, 0.15) is 7.58 Å². The van der Waals surface area contributed by atoms with Gasteiger partial charge in [0, 0.05) is 0 Å². The molecule has 0 fully saturated rings. The minimum Gasteiger partial charge on any atom is -0.394 e.